The molecule has 14 heavy (non-hydrogen) atoms. The van der Waals surface area contributed by atoms with Crippen molar-refractivity contribution in [3.63, 3.8) is 0 Å². The van der Waals surface area contributed by atoms with Crippen molar-refractivity contribution in [2.45, 2.75) is 26.2 Å². The lowest BCUT2D eigenvalue weighted by atomic mass is 9.84. The zero-order valence-electron chi connectivity index (χ0n) is 8.33. The van der Waals surface area contributed by atoms with Gasteiger partial charge in [-0.1, -0.05) is 18.6 Å². The van der Waals surface area contributed by atoms with Crippen LogP contribution >= 0.6 is 0 Å². The largest absolute Gasteiger partial charge is 0.231 e. The van der Waals surface area contributed by atoms with E-state index < -0.39 is 0 Å². The highest BCUT2D eigenvalue weighted by atomic mass is 15.1. The summed E-state index contributed by atoms with van der Waals surface area (Å²) in [4.78, 5) is 4.62. The van der Waals surface area contributed by atoms with Gasteiger partial charge >= 0.3 is 0 Å². The van der Waals surface area contributed by atoms with E-state index in [0.717, 1.165) is 17.2 Å². The average Bonchev–Trinajstić information content (AvgIpc) is 2.46. The van der Waals surface area contributed by atoms with Gasteiger partial charge in [-0.15, -0.1) is 0 Å². The van der Waals surface area contributed by atoms with Gasteiger partial charge in [-0.3, -0.25) is 0 Å². The van der Waals surface area contributed by atoms with Gasteiger partial charge in [0.05, 0.1) is 11.4 Å². The fourth-order valence-corrected chi connectivity index (χ4v) is 1.99. The molecule has 0 saturated heterocycles. The van der Waals surface area contributed by atoms with Gasteiger partial charge < -0.3 is 0 Å². The second-order valence-corrected chi connectivity index (χ2v) is 4.15. The van der Waals surface area contributed by atoms with Gasteiger partial charge in [0.15, 0.2) is 0 Å². The third-order valence-corrected chi connectivity index (χ3v) is 3.15. The average molecular weight is 185 g/mol. The number of aliphatic imine (C=N–C) groups is 1. The molecule has 0 unspecified atom stereocenters. The summed E-state index contributed by atoms with van der Waals surface area (Å²) in [5, 5.41) is 4.58. The summed E-state index contributed by atoms with van der Waals surface area (Å²) in [5.41, 5.74) is 3.39. The number of hydrogen-bond donors (Lipinski definition) is 0. The van der Waals surface area contributed by atoms with Crippen LogP contribution in [0.2, 0.25) is 0 Å². The SMILES string of the molecule is Cc1cccc2c1N=C(C1CCC1)[N]2. The van der Waals surface area contributed by atoms with E-state index in [4.69, 9.17) is 0 Å². The van der Waals surface area contributed by atoms with Gasteiger partial charge in [0.25, 0.3) is 0 Å². The number of aryl methyl sites for hydroxylation is 1. The van der Waals surface area contributed by atoms with Gasteiger partial charge in [0, 0.05) is 5.92 Å². The Labute approximate surface area is 84.1 Å². The summed E-state index contributed by atoms with van der Waals surface area (Å²) in [6.45, 7) is 2.10. The molecule has 0 atom stereocenters. The number of amidine groups is 1. The first-order chi connectivity index (χ1) is 6.84. The molecule has 0 N–H and O–H groups in total. The van der Waals surface area contributed by atoms with Crippen LogP contribution in [-0.2, 0) is 0 Å². The van der Waals surface area contributed by atoms with E-state index in [-0.39, 0.29) is 0 Å². The van der Waals surface area contributed by atoms with Crippen LogP contribution in [0.1, 0.15) is 24.8 Å². The molecule has 1 radical (unpaired) electrons. The fourth-order valence-electron chi connectivity index (χ4n) is 1.99. The van der Waals surface area contributed by atoms with Crippen LogP contribution in [0, 0.1) is 12.8 Å². The highest BCUT2D eigenvalue weighted by Gasteiger charge is 2.28. The Morgan fingerprint density at radius 1 is 1.29 bits per heavy atom. The molecule has 1 aromatic carbocycles. The number of rotatable bonds is 1. The van der Waals surface area contributed by atoms with Crippen LogP contribution in [0.15, 0.2) is 23.2 Å². The summed E-state index contributed by atoms with van der Waals surface area (Å²) in [7, 11) is 0. The van der Waals surface area contributed by atoms with Crippen molar-refractivity contribution >= 4 is 17.2 Å². The van der Waals surface area contributed by atoms with Crippen LogP contribution in [0.5, 0.6) is 0 Å². The number of hydrogen-bond acceptors (Lipinski definition) is 1. The summed E-state index contributed by atoms with van der Waals surface area (Å²) < 4.78 is 0. The molecule has 0 spiro atoms. The molecule has 2 nitrogen and oxygen atoms in total. The van der Waals surface area contributed by atoms with Crippen molar-refractivity contribution in [3.05, 3.63) is 23.8 Å². The molecule has 1 saturated carbocycles. The molecular formula is C12H13N2. The summed E-state index contributed by atoms with van der Waals surface area (Å²) in [5.74, 6) is 1.71. The van der Waals surface area contributed by atoms with Crippen LogP contribution in [0.3, 0.4) is 0 Å². The zero-order chi connectivity index (χ0) is 9.54. The number of nitrogens with zero attached hydrogens (tertiary/aromatic N) is 2. The second-order valence-electron chi connectivity index (χ2n) is 4.15. The topological polar surface area (TPSA) is 26.5 Å². The number of para-hydroxylation sites is 1. The van der Waals surface area contributed by atoms with Gasteiger partial charge in [0.1, 0.15) is 5.84 Å². The first-order valence-corrected chi connectivity index (χ1v) is 5.24. The zero-order valence-corrected chi connectivity index (χ0v) is 8.33. The Balaban J connectivity index is 1.96. The highest BCUT2D eigenvalue weighted by molar-refractivity contribution is 5.98. The Morgan fingerprint density at radius 3 is 2.79 bits per heavy atom. The minimum absolute atomic E-state index is 0.641. The van der Waals surface area contributed by atoms with Crippen molar-refractivity contribution in [3.8, 4) is 0 Å². The van der Waals surface area contributed by atoms with E-state index in [0.29, 0.717) is 5.92 Å². The third kappa shape index (κ3) is 1.07. The van der Waals surface area contributed by atoms with E-state index in [2.05, 4.69) is 35.4 Å². The first-order valence-electron chi connectivity index (χ1n) is 5.24. The quantitative estimate of drug-likeness (QED) is 0.643. The Morgan fingerprint density at radius 2 is 2.14 bits per heavy atom. The molecule has 2 aliphatic rings. The Hall–Kier alpha value is -1.31. The van der Waals surface area contributed by atoms with E-state index >= 15 is 0 Å². The molecule has 1 fully saturated rings. The number of fused-ring (bicyclic) bond motifs is 1. The van der Waals surface area contributed by atoms with Crippen molar-refractivity contribution in [1.29, 1.82) is 0 Å². The van der Waals surface area contributed by atoms with Crippen LogP contribution in [0.25, 0.3) is 0 Å². The maximum absolute atomic E-state index is 4.62. The van der Waals surface area contributed by atoms with E-state index in [1.165, 1.54) is 24.8 Å². The normalized spacial score (nSPS) is 19.6. The Kier molecular flexibility index (Phi) is 1.63. The molecule has 1 aliphatic heterocycles. The minimum atomic E-state index is 0.641. The van der Waals surface area contributed by atoms with Crippen molar-refractivity contribution in [2.75, 3.05) is 0 Å². The summed E-state index contributed by atoms with van der Waals surface area (Å²) >= 11 is 0. The molecule has 3 rings (SSSR count). The van der Waals surface area contributed by atoms with E-state index in [1.54, 1.807) is 0 Å². The molecule has 2 heteroatoms. The van der Waals surface area contributed by atoms with Gasteiger partial charge in [0.2, 0.25) is 0 Å². The van der Waals surface area contributed by atoms with E-state index in [1.807, 2.05) is 0 Å². The maximum Gasteiger partial charge on any atom is 0.132 e. The Bertz CT molecular complexity index is 403. The molecule has 71 valence electrons. The lowest BCUT2D eigenvalue weighted by molar-refractivity contribution is 0.408. The molecule has 0 amide bonds. The number of benzene rings is 1. The summed E-state index contributed by atoms with van der Waals surface area (Å²) in [6, 6.07) is 6.20. The van der Waals surface area contributed by atoms with Gasteiger partial charge in [-0.05, 0) is 31.4 Å². The summed E-state index contributed by atoms with van der Waals surface area (Å²) in [6.07, 6.45) is 3.89. The predicted molar refractivity (Wildman–Crippen MR) is 57.4 cm³/mol. The standard InChI is InChI=1S/C12H13N2/c1-8-4-2-7-10-11(8)14-12(13-10)9-5-3-6-9/h2,4,7,9H,3,5-6H2,1H3. The van der Waals surface area contributed by atoms with E-state index in [9.17, 15) is 0 Å². The van der Waals surface area contributed by atoms with Crippen LogP contribution in [0.4, 0.5) is 11.4 Å². The van der Waals surface area contributed by atoms with Crippen molar-refractivity contribution in [2.24, 2.45) is 10.9 Å². The molecule has 0 aromatic heterocycles. The molecule has 0 bridgehead atoms. The molecule has 1 heterocycles. The van der Waals surface area contributed by atoms with Crippen molar-refractivity contribution in [1.82, 2.24) is 5.32 Å². The second kappa shape index (κ2) is 2.84. The highest BCUT2D eigenvalue weighted by Crippen LogP contribution is 2.38. The minimum Gasteiger partial charge on any atom is -0.231 e. The van der Waals surface area contributed by atoms with Crippen LogP contribution in [-0.4, -0.2) is 5.84 Å². The van der Waals surface area contributed by atoms with Gasteiger partial charge in [-0.25, -0.2) is 10.3 Å². The lowest BCUT2D eigenvalue weighted by Crippen LogP contribution is -2.25. The molecule has 1 aliphatic carbocycles. The van der Waals surface area contributed by atoms with Crippen molar-refractivity contribution < 1.29 is 0 Å². The smallest absolute Gasteiger partial charge is 0.132 e. The molecule has 1 aromatic rings. The fraction of sp³-hybridized carbons (Fsp3) is 0.417. The van der Waals surface area contributed by atoms with Crippen LogP contribution < -0.4 is 5.32 Å². The van der Waals surface area contributed by atoms with Gasteiger partial charge in [-0.2, -0.15) is 0 Å². The third-order valence-electron chi connectivity index (χ3n) is 3.15. The predicted octanol–water partition coefficient (Wildman–Crippen LogP) is 3.07. The lowest BCUT2D eigenvalue weighted by Gasteiger charge is -2.24. The first kappa shape index (κ1) is 8.04. The maximum atomic E-state index is 4.62. The monoisotopic (exact) mass is 185 g/mol. The molecular weight excluding hydrogens is 172 g/mol.